The third kappa shape index (κ3) is 3.22. The highest BCUT2D eigenvalue weighted by Crippen LogP contribution is 2.36. The zero-order chi connectivity index (χ0) is 13.3. The molecule has 112 valence electrons. The summed E-state index contributed by atoms with van der Waals surface area (Å²) in [6.07, 6.45) is 4.52. The second kappa shape index (κ2) is 6.24. The molecule has 20 heavy (non-hydrogen) atoms. The van der Waals surface area contributed by atoms with Crippen molar-refractivity contribution in [1.29, 1.82) is 0 Å². The molecule has 0 bridgehead atoms. The molecule has 1 N–H and O–H groups in total. The van der Waals surface area contributed by atoms with Crippen molar-refractivity contribution < 1.29 is 0 Å². The highest BCUT2D eigenvalue weighted by molar-refractivity contribution is 5.85. The van der Waals surface area contributed by atoms with E-state index in [1.165, 1.54) is 39.0 Å². The molecule has 3 rings (SSSR count). The molecule has 2 fully saturated rings. The van der Waals surface area contributed by atoms with Gasteiger partial charge in [0.2, 0.25) is 5.95 Å². The van der Waals surface area contributed by atoms with Crippen molar-refractivity contribution in [3.63, 3.8) is 0 Å². The zero-order valence-corrected chi connectivity index (χ0v) is 13.1. The van der Waals surface area contributed by atoms with Crippen LogP contribution in [0.4, 0.5) is 5.95 Å². The third-order valence-electron chi connectivity index (χ3n) is 4.34. The number of hydrogen-bond acceptors (Lipinski definition) is 5. The summed E-state index contributed by atoms with van der Waals surface area (Å²) in [6, 6.07) is 2.03. The van der Waals surface area contributed by atoms with Crippen molar-refractivity contribution in [2.75, 3.05) is 45.2 Å². The van der Waals surface area contributed by atoms with Gasteiger partial charge >= 0.3 is 0 Å². The van der Waals surface area contributed by atoms with E-state index >= 15 is 0 Å². The Balaban J connectivity index is 0.00000147. The van der Waals surface area contributed by atoms with E-state index in [1.54, 1.807) is 0 Å². The number of nitrogens with zero attached hydrogens (tertiary/aromatic N) is 4. The molecule has 1 aromatic heterocycles. The van der Waals surface area contributed by atoms with Crippen LogP contribution in [-0.4, -0.2) is 55.1 Å². The van der Waals surface area contributed by atoms with E-state index in [4.69, 9.17) is 0 Å². The Kier molecular flexibility index (Phi) is 4.83. The van der Waals surface area contributed by atoms with Crippen molar-refractivity contribution in [2.45, 2.75) is 19.4 Å². The predicted molar refractivity (Wildman–Crippen MR) is 83.4 cm³/mol. The van der Waals surface area contributed by atoms with Gasteiger partial charge in [-0.3, -0.25) is 4.90 Å². The van der Waals surface area contributed by atoms with Gasteiger partial charge in [-0.1, -0.05) is 0 Å². The van der Waals surface area contributed by atoms with Crippen LogP contribution in [0, 0.1) is 5.41 Å². The summed E-state index contributed by atoms with van der Waals surface area (Å²) in [5.41, 5.74) is 1.67. The summed E-state index contributed by atoms with van der Waals surface area (Å²) in [5, 5.41) is 3.50. The number of rotatable bonds is 3. The van der Waals surface area contributed by atoms with Crippen LogP contribution in [0.25, 0.3) is 0 Å². The second-order valence-electron chi connectivity index (χ2n) is 6.13. The number of anilines is 1. The van der Waals surface area contributed by atoms with E-state index in [0.29, 0.717) is 5.41 Å². The van der Waals surface area contributed by atoms with Crippen LogP contribution in [0.1, 0.15) is 18.5 Å². The van der Waals surface area contributed by atoms with Crippen LogP contribution in [0.5, 0.6) is 0 Å². The number of hydrogen-bond donors (Lipinski definition) is 1. The lowest BCUT2D eigenvalue weighted by Crippen LogP contribution is -2.29. The maximum absolute atomic E-state index is 4.61. The first-order valence-corrected chi connectivity index (χ1v) is 7.09. The molecule has 0 aromatic carbocycles. The first-order chi connectivity index (χ1) is 9.17. The number of halogens is 1. The third-order valence-corrected chi connectivity index (χ3v) is 4.34. The van der Waals surface area contributed by atoms with Gasteiger partial charge in [-0.2, -0.15) is 0 Å². The minimum absolute atomic E-state index is 0. The number of aromatic nitrogens is 2. The maximum atomic E-state index is 4.61. The smallest absolute Gasteiger partial charge is 0.225 e. The Morgan fingerprint density at radius 1 is 1.40 bits per heavy atom. The average Bonchev–Trinajstić information content (AvgIpc) is 3.01. The first kappa shape index (κ1) is 15.5. The van der Waals surface area contributed by atoms with Gasteiger partial charge in [-0.05, 0) is 37.4 Å². The topological polar surface area (TPSA) is 44.3 Å². The molecule has 0 amide bonds. The summed E-state index contributed by atoms with van der Waals surface area (Å²) < 4.78 is 0. The quantitative estimate of drug-likeness (QED) is 0.907. The number of likely N-dealkylation sites (tertiary alicyclic amines) is 1. The molecule has 3 heterocycles. The summed E-state index contributed by atoms with van der Waals surface area (Å²) >= 11 is 0. The first-order valence-electron chi connectivity index (χ1n) is 7.09. The van der Waals surface area contributed by atoms with Crippen molar-refractivity contribution in [3.05, 3.63) is 18.0 Å². The normalized spacial score (nSPS) is 25.9. The van der Waals surface area contributed by atoms with Crippen molar-refractivity contribution in [2.24, 2.45) is 5.41 Å². The van der Waals surface area contributed by atoms with Crippen molar-refractivity contribution in [3.8, 4) is 0 Å². The Morgan fingerprint density at radius 2 is 2.25 bits per heavy atom. The van der Waals surface area contributed by atoms with Crippen LogP contribution in [-0.2, 0) is 6.54 Å². The molecule has 1 unspecified atom stereocenters. The molecular weight excluding hydrogens is 274 g/mol. The number of nitrogens with one attached hydrogen (secondary N) is 1. The summed E-state index contributed by atoms with van der Waals surface area (Å²) in [4.78, 5) is 13.4. The van der Waals surface area contributed by atoms with Crippen molar-refractivity contribution in [1.82, 2.24) is 20.2 Å². The SMILES string of the molecule is CN(C)c1nccc(CN2CCC3(CCNC3)C2)n1.Cl. The molecule has 1 spiro atoms. The molecule has 2 saturated heterocycles. The Bertz CT molecular complexity index is 445. The van der Waals surface area contributed by atoms with Crippen LogP contribution in [0.2, 0.25) is 0 Å². The van der Waals surface area contributed by atoms with Gasteiger partial charge in [0.05, 0.1) is 5.69 Å². The second-order valence-corrected chi connectivity index (χ2v) is 6.13. The van der Waals surface area contributed by atoms with Crippen LogP contribution in [0.15, 0.2) is 12.3 Å². The van der Waals surface area contributed by atoms with Gasteiger partial charge < -0.3 is 10.2 Å². The van der Waals surface area contributed by atoms with E-state index in [9.17, 15) is 0 Å². The molecule has 1 atom stereocenters. The van der Waals surface area contributed by atoms with Gasteiger partial charge in [0.15, 0.2) is 0 Å². The summed E-state index contributed by atoms with van der Waals surface area (Å²) in [7, 11) is 3.96. The van der Waals surface area contributed by atoms with E-state index < -0.39 is 0 Å². The molecule has 2 aliphatic heterocycles. The molecule has 6 heteroatoms. The minimum Gasteiger partial charge on any atom is -0.347 e. The Hall–Kier alpha value is -0.910. The van der Waals surface area contributed by atoms with Gasteiger partial charge in [0.1, 0.15) is 0 Å². The highest BCUT2D eigenvalue weighted by Gasteiger charge is 2.40. The standard InChI is InChI=1S/C14H23N5.ClH/c1-18(2)13-16-6-3-12(17-13)9-19-8-5-14(11-19)4-7-15-10-14;/h3,6,15H,4-5,7-11H2,1-2H3;1H. The lowest BCUT2D eigenvalue weighted by molar-refractivity contribution is 0.266. The predicted octanol–water partition coefficient (Wildman–Crippen LogP) is 1.15. The highest BCUT2D eigenvalue weighted by atomic mass is 35.5. The van der Waals surface area contributed by atoms with Crippen LogP contribution in [0.3, 0.4) is 0 Å². The molecule has 0 saturated carbocycles. The van der Waals surface area contributed by atoms with Crippen LogP contribution < -0.4 is 10.2 Å². The molecular formula is C14H24ClN5. The summed E-state index contributed by atoms with van der Waals surface area (Å²) in [6.45, 7) is 5.73. The summed E-state index contributed by atoms with van der Waals surface area (Å²) in [5.74, 6) is 0.800. The monoisotopic (exact) mass is 297 g/mol. The van der Waals surface area contributed by atoms with E-state index in [2.05, 4.69) is 20.2 Å². The van der Waals surface area contributed by atoms with Crippen molar-refractivity contribution >= 4 is 18.4 Å². The molecule has 5 nitrogen and oxygen atoms in total. The lowest BCUT2D eigenvalue weighted by Gasteiger charge is -2.22. The Labute approximate surface area is 127 Å². The molecule has 2 aliphatic rings. The molecule has 0 radical (unpaired) electrons. The molecule has 0 aliphatic carbocycles. The fourth-order valence-corrected chi connectivity index (χ4v) is 3.22. The minimum atomic E-state index is 0. The maximum Gasteiger partial charge on any atom is 0.225 e. The lowest BCUT2D eigenvalue weighted by atomic mass is 9.87. The fraction of sp³-hybridized carbons (Fsp3) is 0.714. The van der Waals surface area contributed by atoms with E-state index in [1.807, 2.05) is 31.3 Å². The van der Waals surface area contributed by atoms with Gasteiger partial charge in [0, 0.05) is 39.9 Å². The Morgan fingerprint density at radius 3 is 2.95 bits per heavy atom. The van der Waals surface area contributed by atoms with Gasteiger partial charge in [0.25, 0.3) is 0 Å². The molecule has 1 aromatic rings. The van der Waals surface area contributed by atoms with Gasteiger partial charge in [-0.25, -0.2) is 9.97 Å². The van der Waals surface area contributed by atoms with E-state index in [0.717, 1.165) is 18.2 Å². The largest absolute Gasteiger partial charge is 0.347 e. The fourth-order valence-electron chi connectivity index (χ4n) is 3.22. The van der Waals surface area contributed by atoms with Gasteiger partial charge in [-0.15, -0.1) is 12.4 Å². The van der Waals surface area contributed by atoms with Crippen LogP contribution >= 0.6 is 12.4 Å². The average molecular weight is 298 g/mol. The van der Waals surface area contributed by atoms with E-state index in [-0.39, 0.29) is 12.4 Å². The zero-order valence-electron chi connectivity index (χ0n) is 12.3.